The van der Waals surface area contributed by atoms with E-state index in [1.54, 1.807) is 12.1 Å². The van der Waals surface area contributed by atoms with E-state index in [4.69, 9.17) is 4.74 Å². The number of rotatable bonds is 2. The van der Waals surface area contributed by atoms with Gasteiger partial charge in [0.1, 0.15) is 0 Å². The summed E-state index contributed by atoms with van der Waals surface area (Å²) in [5.41, 5.74) is 0.994. The zero-order valence-corrected chi connectivity index (χ0v) is 15.4. The van der Waals surface area contributed by atoms with Gasteiger partial charge >= 0.3 is 6.03 Å². The zero-order valence-electron chi connectivity index (χ0n) is 14.6. The van der Waals surface area contributed by atoms with Crippen molar-refractivity contribution in [3.05, 3.63) is 24.3 Å². The van der Waals surface area contributed by atoms with Crippen molar-refractivity contribution in [1.82, 2.24) is 9.80 Å². The van der Waals surface area contributed by atoms with Gasteiger partial charge in [0, 0.05) is 51.2 Å². The summed E-state index contributed by atoms with van der Waals surface area (Å²) in [7, 11) is -3.18. The maximum atomic E-state index is 12.6. The standard InChI is InChI=1S/C17H25N3O4S/c1-25(22,23)16-5-3-15(4-6-16)18-7-2-8-19(10-9-18)17(21)20-11-13-24-14-12-20/h3-6H,2,7-14H2,1H3. The Morgan fingerprint density at radius 1 is 0.920 bits per heavy atom. The fourth-order valence-electron chi connectivity index (χ4n) is 3.23. The predicted molar refractivity (Wildman–Crippen MR) is 95.7 cm³/mol. The molecule has 138 valence electrons. The molecule has 0 N–H and O–H groups in total. The van der Waals surface area contributed by atoms with E-state index in [1.165, 1.54) is 6.26 Å². The lowest BCUT2D eigenvalue weighted by Crippen LogP contribution is -2.49. The van der Waals surface area contributed by atoms with Crippen LogP contribution in [0.4, 0.5) is 10.5 Å². The Bertz CT molecular complexity index is 699. The van der Waals surface area contributed by atoms with Crippen LogP contribution in [0, 0.1) is 0 Å². The van der Waals surface area contributed by atoms with E-state index >= 15 is 0 Å². The Kier molecular flexibility index (Phi) is 5.48. The molecule has 0 unspecified atom stereocenters. The van der Waals surface area contributed by atoms with Crippen LogP contribution in [0.5, 0.6) is 0 Å². The van der Waals surface area contributed by atoms with Crippen molar-refractivity contribution in [2.45, 2.75) is 11.3 Å². The number of amides is 2. The number of carbonyl (C=O) groups is 1. The molecule has 25 heavy (non-hydrogen) atoms. The van der Waals surface area contributed by atoms with E-state index in [-0.39, 0.29) is 6.03 Å². The number of sulfone groups is 1. The summed E-state index contributed by atoms with van der Waals surface area (Å²) in [5, 5.41) is 0. The molecule has 7 nitrogen and oxygen atoms in total. The number of nitrogens with zero attached hydrogens (tertiary/aromatic N) is 3. The molecule has 0 bridgehead atoms. The van der Waals surface area contributed by atoms with Crippen LogP contribution in [0.3, 0.4) is 0 Å². The first-order valence-corrected chi connectivity index (χ1v) is 10.5. The Balaban J connectivity index is 1.62. The van der Waals surface area contributed by atoms with Crippen LogP contribution >= 0.6 is 0 Å². The third-order valence-electron chi connectivity index (χ3n) is 4.68. The molecule has 2 aliphatic rings. The van der Waals surface area contributed by atoms with Crippen LogP contribution in [-0.4, -0.2) is 83.0 Å². The Morgan fingerprint density at radius 2 is 1.56 bits per heavy atom. The largest absolute Gasteiger partial charge is 0.378 e. The number of morpholine rings is 1. The predicted octanol–water partition coefficient (Wildman–Crippen LogP) is 1.05. The molecule has 2 amide bonds. The fourth-order valence-corrected chi connectivity index (χ4v) is 3.86. The minimum atomic E-state index is -3.18. The highest BCUT2D eigenvalue weighted by Gasteiger charge is 2.25. The lowest BCUT2D eigenvalue weighted by molar-refractivity contribution is 0.0438. The van der Waals surface area contributed by atoms with Gasteiger partial charge in [0.05, 0.1) is 18.1 Å². The molecule has 2 aliphatic heterocycles. The molecule has 0 saturated carbocycles. The van der Waals surface area contributed by atoms with E-state index in [1.807, 2.05) is 21.9 Å². The average Bonchev–Trinajstić information content (AvgIpc) is 2.87. The van der Waals surface area contributed by atoms with Crippen molar-refractivity contribution in [3.63, 3.8) is 0 Å². The minimum Gasteiger partial charge on any atom is -0.378 e. The number of benzene rings is 1. The van der Waals surface area contributed by atoms with Crippen LogP contribution in [0.25, 0.3) is 0 Å². The van der Waals surface area contributed by atoms with Crippen molar-refractivity contribution in [1.29, 1.82) is 0 Å². The van der Waals surface area contributed by atoms with Gasteiger partial charge in [-0.05, 0) is 30.7 Å². The Labute approximate surface area is 149 Å². The van der Waals surface area contributed by atoms with Gasteiger partial charge in [-0.1, -0.05) is 0 Å². The van der Waals surface area contributed by atoms with Crippen LogP contribution in [0.2, 0.25) is 0 Å². The van der Waals surface area contributed by atoms with Crippen LogP contribution in [0.15, 0.2) is 29.2 Å². The second-order valence-electron chi connectivity index (χ2n) is 6.48. The number of hydrogen-bond donors (Lipinski definition) is 0. The number of anilines is 1. The summed E-state index contributed by atoms with van der Waals surface area (Å²) in [5.74, 6) is 0. The third-order valence-corrected chi connectivity index (χ3v) is 5.81. The highest BCUT2D eigenvalue weighted by atomic mass is 32.2. The molecule has 0 aliphatic carbocycles. The lowest BCUT2D eigenvalue weighted by atomic mass is 10.2. The van der Waals surface area contributed by atoms with E-state index in [9.17, 15) is 13.2 Å². The van der Waals surface area contributed by atoms with Crippen molar-refractivity contribution < 1.29 is 17.9 Å². The second kappa shape index (κ2) is 7.61. The highest BCUT2D eigenvalue weighted by Crippen LogP contribution is 2.20. The first-order valence-electron chi connectivity index (χ1n) is 8.62. The summed E-state index contributed by atoms with van der Waals surface area (Å²) < 4.78 is 28.5. The smallest absolute Gasteiger partial charge is 0.320 e. The summed E-state index contributed by atoms with van der Waals surface area (Å²) in [4.78, 5) is 18.9. The molecular formula is C17H25N3O4S. The third kappa shape index (κ3) is 4.43. The average molecular weight is 367 g/mol. The van der Waals surface area contributed by atoms with E-state index < -0.39 is 9.84 Å². The number of hydrogen-bond acceptors (Lipinski definition) is 5. The first-order chi connectivity index (χ1) is 11.9. The van der Waals surface area contributed by atoms with Crippen molar-refractivity contribution in [2.75, 3.05) is 63.6 Å². The van der Waals surface area contributed by atoms with Gasteiger partial charge in [0.2, 0.25) is 0 Å². The number of urea groups is 1. The molecule has 8 heteroatoms. The highest BCUT2D eigenvalue weighted by molar-refractivity contribution is 7.90. The van der Waals surface area contributed by atoms with Gasteiger partial charge in [-0.3, -0.25) is 0 Å². The zero-order chi connectivity index (χ0) is 17.9. The summed E-state index contributed by atoms with van der Waals surface area (Å²) >= 11 is 0. The van der Waals surface area contributed by atoms with Crippen LogP contribution < -0.4 is 4.90 Å². The van der Waals surface area contributed by atoms with Gasteiger partial charge in [0.25, 0.3) is 0 Å². The fraction of sp³-hybridized carbons (Fsp3) is 0.588. The molecule has 1 aromatic rings. The monoisotopic (exact) mass is 367 g/mol. The van der Waals surface area contributed by atoms with E-state index in [0.717, 1.165) is 31.7 Å². The Morgan fingerprint density at radius 3 is 2.20 bits per heavy atom. The summed E-state index contributed by atoms with van der Waals surface area (Å²) in [6.45, 7) is 5.55. The van der Waals surface area contributed by atoms with Gasteiger partial charge < -0.3 is 19.4 Å². The van der Waals surface area contributed by atoms with Crippen molar-refractivity contribution in [3.8, 4) is 0 Å². The molecule has 2 saturated heterocycles. The second-order valence-corrected chi connectivity index (χ2v) is 8.49. The maximum Gasteiger partial charge on any atom is 0.320 e. The summed E-state index contributed by atoms with van der Waals surface area (Å²) in [6.07, 6.45) is 2.10. The Hall–Kier alpha value is -1.80. The minimum absolute atomic E-state index is 0.0950. The normalized spacial score (nSPS) is 19.6. The van der Waals surface area contributed by atoms with Crippen molar-refractivity contribution >= 4 is 21.6 Å². The molecule has 2 fully saturated rings. The van der Waals surface area contributed by atoms with Gasteiger partial charge in [-0.25, -0.2) is 13.2 Å². The van der Waals surface area contributed by atoms with Gasteiger partial charge in [-0.2, -0.15) is 0 Å². The first kappa shape index (κ1) is 18.0. The van der Waals surface area contributed by atoms with Gasteiger partial charge in [0.15, 0.2) is 9.84 Å². The van der Waals surface area contributed by atoms with E-state index in [2.05, 4.69) is 4.90 Å². The van der Waals surface area contributed by atoms with Crippen molar-refractivity contribution in [2.24, 2.45) is 0 Å². The van der Waals surface area contributed by atoms with Crippen LogP contribution in [0.1, 0.15) is 6.42 Å². The lowest BCUT2D eigenvalue weighted by Gasteiger charge is -2.32. The molecule has 0 aromatic heterocycles. The molecule has 0 atom stereocenters. The quantitative estimate of drug-likeness (QED) is 0.782. The summed E-state index contributed by atoms with van der Waals surface area (Å²) in [6, 6.07) is 7.07. The van der Waals surface area contributed by atoms with E-state index in [0.29, 0.717) is 37.7 Å². The molecule has 1 aromatic carbocycles. The maximum absolute atomic E-state index is 12.6. The number of carbonyl (C=O) groups excluding carboxylic acids is 1. The molecule has 0 spiro atoms. The molecule has 0 radical (unpaired) electrons. The molecule has 2 heterocycles. The molecule has 3 rings (SSSR count). The van der Waals surface area contributed by atoms with Crippen LogP contribution in [-0.2, 0) is 14.6 Å². The van der Waals surface area contributed by atoms with Gasteiger partial charge in [-0.15, -0.1) is 0 Å². The molecular weight excluding hydrogens is 342 g/mol. The topological polar surface area (TPSA) is 70.2 Å². The SMILES string of the molecule is CS(=O)(=O)c1ccc(N2CCCN(C(=O)N3CCOCC3)CC2)cc1. The number of ether oxygens (including phenoxy) is 1.